The summed E-state index contributed by atoms with van der Waals surface area (Å²) in [5, 5.41) is 24.0. The Morgan fingerprint density at radius 3 is 2.44 bits per heavy atom. The Morgan fingerprint density at radius 1 is 1.07 bits per heavy atom. The third-order valence-corrected chi connectivity index (χ3v) is 5.83. The van der Waals surface area contributed by atoms with Crippen LogP contribution >= 0.6 is 23.4 Å². The van der Waals surface area contributed by atoms with Crippen molar-refractivity contribution in [2.24, 2.45) is 5.10 Å². The van der Waals surface area contributed by atoms with E-state index < -0.39 is 0 Å². The van der Waals surface area contributed by atoms with Gasteiger partial charge in [-0.25, -0.2) is 0 Å². The van der Waals surface area contributed by atoms with Crippen molar-refractivity contribution in [1.29, 1.82) is 5.26 Å². The lowest BCUT2D eigenvalue weighted by molar-refractivity contribution is 0.545. The molecule has 3 aromatic rings. The lowest BCUT2D eigenvalue weighted by Gasteiger charge is -2.25. The van der Waals surface area contributed by atoms with Crippen LogP contribution in [0.4, 0.5) is 0 Å². The van der Waals surface area contributed by atoms with Gasteiger partial charge in [-0.3, -0.25) is 0 Å². The molecule has 0 radical (unpaired) electrons. The highest BCUT2D eigenvalue weighted by Gasteiger charge is 2.32. The van der Waals surface area contributed by atoms with E-state index in [0.29, 0.717) is 16.3 Å². The number of hydrogen-bond acceptors (Lipinski definition) is 5. The summed E-state index contributed by atoms with van der Waals surface area (Å²) in [5.41, 5.74) is 3.28. The summed E-state index contributed by atoms with van der Waals surface area (Å²) in [5.74, 6) is 1.49. The van der Waals surface area contributed by atoms with Crippen LogP contribution in [0.3, 0.4) is 0 Å². The first kappa shape index (κ1) is 17.8. The van der Waals surface area contributed by atoms with E-state index in [1.807, 2.05) is 53.2 Å². The van der Waals surface area contributed by atoms with E-state index in [9.17, 15) is 0 Å². The molecule has 0 amide bonds. The molecular formula is C20H16ClN5S. The molecular weight excluding hydrogens is 378 g/mol. The van der Waals surface area contributed by atoms with E-state index in [2.05, 4.69) is 30.1 Å². The van der Waals surface area contributed by atoms with E-state index in [4.69, 9.17) is 22.0 Å². The number of aromatic nitrogens is 3. The minimum Gasteiger partial charge on any atom is -0.192 e. The van der Waals surface area contributed by atoms with Crippen molar-refractivity contribution >= 4 is 29.1 Å². The molecule has 7 heteroatoms. The minimum absolute atomic E-state index is 0.382. The maximum Gasteiger partial charge on any atom is 0.212 e. The molecule has 134 valence electrons. The predicted octanol–water partition coefficient (Wildman–Crippen LogP) is 4.49. The Kier molecular flexibility index (Phi) is 4.50. The summed E-state index contributed by atoms with van der Waals surface area (Å²) >= 11 is 7.64. The Morgan fingerprint density at radius 2 is 1.78 bits per heavy atom. The average Bonchev–Trinajstić information content (AvgIpc) is 3.12. The fourth-order valence-corrected chi connectivity index (χ4v) is 3.96. The van der Waals surface area contributed by atoms with Crippen LogP contribution in [0.15, 0.2) is 58.8 Å². The number of rotatable bonds is 3. The normalized spacial score (nSPS) is 13.6. The second-order valence-corrected chi connectivity index (χ2v) is 8.15. The molecule has 0 bridgehead atoms. The van der Waals surface area contributed by atoms with Crippen LogP contribution in [-0.2, 0) is 5.41 Å². The molecule has 0 unspecified atom stereocenters. The van der Waals surface area contributed by atoms with Gasteiger partial charge in [0.05, 0.1) is 22.8 Å². The van der Waals surface area contributed by atoms with Crippen molar-refractivity contribution in [3.63, 3.8) is 0 Å². The topological polar surface area (TPSA) is 66.9 Å². The molecule has 1 aliphatic heterocycles. The molecule has 2 heterocycles. The molecule has 0 saturated carbocycles. The number of nitriles is 1. The number of hydrogen-bond donors (Lipinski definition) is 0. The average molecular weight is 394 g/mol. The van der Waals surface area contributed by atoms with Gasteiger partial charge in [-0.1, -0.05) is 47.6 Å². The summed E-state index contributed by atoms with van der Waals surface area (Å²) in [6.07, 6.45) is 0. The number of fused-ring (bicyclic) bond motifs is 1. The van der Waals surface area contributed by atoms with Gasteiger partial charge in [0, 0.05) is 10.8 Å². The van der Waals surface area contributed by atoms with Crippen molar-refractivity contribution in [1.82, 2.24) is 14.9 Å². The van der Waals surface area contributed by atoms with Gasteiger partial charge in [0.25, 0.3) is 0 Å². The minimum atomic E-state index is -0.382. The highest BCUT2D eigenvalue weighted by atomic mass is 35.5. The van der Waals surface area contributed by atoms with Crippen LogP contribution in [0.5, 0.6) is 0 Å². The molecule has 5 nitrogen and oxygen atoms in total. The van der Waals surface area contributed by atoms with Crippen LogP contribution in [-0.4, -0.2) is 26.3 Å². The smallest absolute Gasteiger partial charge is 0.192 e. The van der Waals surface area contributed by atoms with Crippen molar-refractivity contribution in [3.05, 3.63) is 76.1 Å². The molecule has 2 aromatic carbocycles. The summed E-state index contributed by atoms with van der Waals surface area (Å²) in [6.45, 7) is 4.20. The third-order valence-electron chi connectivity index (χ3n) is 4.64. The molecule has 1 aliphatic rings. The van der Waals surface area contributed by atoms with Crippen LogP contribution in [0.2, 0.25) is 5.02 Å². The molecule has 1 aromatic heterocycles. The number of benzene rings is 2. The first-order valence-electron chi connectivity index (χ1n) is 8.42. The first-order valence-corrected chi connectivity index (χ1v) is 9.78. The van der Waals surface area contributed by atoms with Gasteiger partial charge in [0.2, 0.25) is 5.16 Å². The lowest BCUT2D eigenvalue weighted by Crippen LogP contribution is -2.25. The van der Waals surface area contributed by atoms with Crippen molar-refractivity contribution in [2.45, 2.75) is 24.4 Å². The fourth-order valence-electron chi connectivity index (χ4n) is 2.99. The van der Waals surface area contributed by atoms with E-state index in [-0.39, 0.29) is 5.41 Å². The zero-order valence-corrected chi connectivity index (χ0v) is 16.4. The highest BCUT2D eigenvalue weighted by molar-refractivity contribution is 7.99. The largest absolute Gasteiger partial charge is 0.212 e. The van der Waals surface area contributed by atoms with Gasteiger partial charge >= 0.3 is 0 Å². The van der Waals surface area contributed by atoms with E-state index in [1.54, 1.807) is 11.8 Å². The Labute approximate surface area is 166 Å². The van der Waals surface area contributed by atoms with Gasteiger partial charge < -0.3 is 0 Å². The zero-order valence-electron chi connectivity index (χ0n) is 14.8. The third kappa shape index (κ3) is 3.25. The summed E-state index contributed by atoms with van der Waals surface area (Å²) in [7, 11) is 0. The summed E-state index contributed by atoms with van der Waals surface area (Å²) < 4.78 is 1.83. The lowest BCUT2D eigenvalue weighted by atomic mass is 9.84. The van der Waals surface area contributed by atoms with Gasteiger partial charge in [0.1, 0.15) is 0 Å². The first-order chi connectivity index (χ1) is 13.0. The van der Waals surface area contributed by atoms with Crippen LogP contribution in [0.25, 0.3) is 0 Å². The molecule has 27 heavy (non-hydrogen) atoms. The van der Waals surface area contributed by atoms with Gasteiger partial charge in [-0.15, -0.1) is 10.2 Å². The maximum atomic E-state index is 8.98. The second kappa shape index (κ2) is 6.84. The monoisotopic (exact) mass is 393 g/mol. The van der Waals surface area contributed by atoms with E-state index in [1.165, 1.54) is 0 Å². The molecule has 0 saturated heterocycles. The maximum absolute atomic E-state index is 8.98. The molecule has 0 fully saturated rings. The molecule has 0 spiro atoms. The molecule has 0 atom stereocenters. The fraction of sp³-hybridized carbons (Fsp3) is 0.200. The SMILES string of the molecule is CC(C)(c1ccc(Cl)cc1)c1nnc2n1N=C(c1ccc(C#N)cc1)CS2. The Bertz CT molecular complexity index is 1060. The summed E-state index contributed by atoms with van der Waals surface area (Å²) in [4.78, 5) is 0. The van der Waals surface area contributed by atoms with Crippen LogP contribution in [0.1, 0.15) is 36.4 Å². The van der Waals surface area contributed by atoms with Gasteiger partial charge in [-0.05, 0) is 49.2 Å². The second-order valence-electron chi connectivity index (χ2n) is 6.77. The molecule has 4 rings (SSSR count). The van der Waals surface area contributed by atoms with E-state index >= 15 is 0 Å². The van der Waals surface area contributed by atoms with Crippen LogP contribution in [0, 0.1) is 11.3 Å². The quantitative estimate of drug-likeness (QED) is 0.657. The number of thioether (sulfide) groups is 1. The number of halogens is 1. The van der Waals surface area contributed by atoms with Crippen LogP contribution < -0.4 is 0 Å². The Balaban J connectivity index is 1.75. The van der Waals surface area contributed by atoms with Gasteiger partial charge in [0.15, 0.2) is 5.82 Å². The summed E-state index contributed by atoms with van der Waals surface area (Å²) in [6, 6.07) is 17.4. The van der Waals surface area contributed by atoms with Crippen molar-refractivity contribution in [2.75, 3.05) is 5.75 Å². The zero-order chi connectivity index (χ0) is 19.0. The highest BCUT2D eigenvalue weighted by Crippen LogP contribution is 2.34. The van der Waals surface area contributed by atoms with Crippen molar-refractivity contribution in [3.8, 4) is 6.07 Å². The van der Waals surface area contributed by atoms with Gasteiger partial charge in [-0.2, -0.15) is 15.0 Å². The molecule has 0 aliphatic carbocycles. The molecule has 0 N–H and O–H groups in total. The number of nitrogens with zero attached hydrogens (tertiary/aromatic N) is 5. The predicted molar refractivity (Wildman–Crippen MR) is 107 cm³/mol. The standard InChI is InChI=1S/C20H16ClN5S/c1-20(2,15-7-9-16(21)10-8-15)18-23-24-19-26(18)25-17(12-27-19)14-5-3-13(11-22)4-6-14/h3-10H,12H2,1-2H3. The van der Waals surface area contributed by atoms with E-state index in [0.717, 1.165) is 27.8 Å². The van der Waals surface area contributed by atoms with Crippen molar-refractivity contribution < 1.29 is 0 Å². The Hall–Kier alpha value is -2.62.